The smallest absolute Gasteiger partial charge is 0.337 e. The molecule has 2 heterocycles. The number of carbonyl (C=O) groups is 1. The Morgan fingerprint density at radius 2 is 1.85 bits per heavy atom. The van der Waals surface area contributed by atoms with Crippen LogP contribution in [0.1, 0.15) is 21.7 Å². The van der Waals surface area contributed by atoms with Crippen molar-refractivity contribution in [1.29, 1.82) is 5.26 Å². The molecule has 0 fully saturated rings. The molecule has 2 aromatic heterocycles. The number of aliphatic hydroxyl groups is 1. The van der Waals surface area contributed by atoms with Crippen molar-refractivity contribution in [3.63, 3.8) is 0 Å². The minimum atomic E-state index is -0.536. The molecule has 0 spiro atoms. The Morgan fingerprint density at radius 3 is 2.59 bits per heavy atom. The summed E-state index contributed by atoms with van der Waals surface area (Å²) in [6, 6.07) is 23.7. The summed E-state index contributed by atoms with van der Waals surface area (Å²) in [5.74, 6) is -0.507. The van der Waals surface area contributed by atoms with Gasteiger partial charge in [0.2, 0.25) is 0 Å². The van der Waals surface area contributed by atoms with E-state index in [0.717, 1.165) is 22.8 Å². The number of esters is 1. The molecule has 194 valence electrons. The van der Waals surface area contributed by atoms with Crippen LogP contribution in [0.25, 0.3) is 27.5 Å². The van der Waals surface area contributed by atoms with Gasteiger partial charge in [0.05, 0.1) is 40.4 Å². The maximum absolute atomic E-state index is 13.5. The summed E-state index contributed by atoms with van der Waals surface area (Å²) < 4.78 is 6.36. The first kappa shape index (κ1) is 25.8. The predicted octanol–water partition coefficient (Wildman–Crippen LogP) is 4.89. The third-order valence-electron chi connectivity index (χ3n) is 6.17. The summed E-state index contributed by atoms with van der Waals surface area (Å²) in [5.41, 5.74) is 2.82. The highest BCUT2D eigenvalue weighted by atomic mass is 32.2. The second-order valence-corrected chi connectivity index (χ2v) is 9.58. The van der Waals surface area contributed by atoms with E-state index in [1.54, 1.807) is 10.6 Å². The lowest BCUT2D eigenvalue weighted by molar-refractivity contribution is 0.0601. The van der Waals surface area contributed by atoms with E-state index >= 15 is 0 Å². The molecule has 0 aliphatic carbocycles. The van der Waals surface area contributed by atoms with Gasteiger partial charge < -0.3 is 14.8 Å². The number of ether oxygens (including phenoxy) is 1. The third-order valence-corrected chi connectivity index (χ3v) is 7.16. The number of aliphatic hydroxyl groups excluding tert-OH is 1. The lowest BCUT2D eigenvalue weighted by Crippen LogP contribution is -2.24. The summed E-state index contributed by atoms with van der Waals surface area (Å²) in [5, 5.41) is 21.4. The van der Waals surface area contributed by atoms with Crippen molar-refractivity contribution in [2.45, 2.75) is 18.1 Å². The van der Waals surface area contributed by atoms with E-state index in [1.807, 2.05) is 60.7 Å². The molecule has 0 aliphatic heterocycles. The largest absolute Gasteiger partial charge is 0.510 e. The molecule has 0 saturated heterocycles. The van der Waals surface area contributed by atoms with Crippen LogP contribution < -0.4 is 5.56 Å². The standard InChI is InChI=1S/C29H23N5O4S/c1-38-28(37)19-11-12-20-24(15-19)33-29(34(27(20)36)14-13-18-7-3-2-4-8-18)39-17-25(35)21(16-30)26-31-22-9-5-6-10-23(22)32-26/h2-12,15,35H,13-14,17H2,1H3,(H,31,32)/b25-21-. The van der Waals surface area contributed by atoms with Gasteiger partial charge in [-0.25, -0.2) is 14.8 Å². The molecule has 0 saturated carbocycles. The van der Waals surface area contributed by atoms with Crippen molar-refractivity contribution in [2.75, 3.05) is 12.9 Å². The fraction of sp³-hybridized carbons (Fsp3) is 0.138. The number of thioether (sulfide) groups is 1. The van der Waals surface area contributed by atoms with Gasteiger partial charge in [0.1, 0.15) is 17.4 Å². The minimum Gasteiger partial charge on any atom is -0.510 e. The lowest BCUT2D eigenvalue weighted by Gasteiger charge is -2.14. The Labute approximate surface area is 227 Å². The van der Waals surface area contributed by atoms with Crippen molar-refractivity contribution in [2.24, 2.45) is 0 Å². The van der Waals surface area contributed by atoms with Crippen molar-refractivity contribution in [1.82, 2.24) is 19.5 Å². The maximum Gasteiger partial charge on any atom is 0.337 e. The quantitative estimate of drug-likeness (QED) is 0.0940. The average Bonchev–Trinajstić information content (AvgIpc) is 3.39. The summed E-state index contributed by atoms with van der Waals surface area (Å²) >= 11 is 1.12. The number of carbonyl (C=O) groups excluding carboxylic acids is 1. The second-order valence-electron chi connectivity index (χ2n) is 8.64. The van der Waals surface area contributed by atoms with Crippen LogP contribution in [0, 0.1) is 11.3 Å². The monoisotopic (exact) mass is 537 g/mol. The number of rotatable bonds is 8. The minimum absolute atomic E-state index is 0.00523. The van der Waals surface area contributed by atoms with Gasteiger partial charge in [0.15, 0.2) is 11.0 Å². The molecule has 10 heteroatoms. The molecule has 0 bridgehead atoms. The number of aromatic nitrogens is 4. The van der Waals surface area contributed by atoms with Crippen LogP contribution in [0.15, 0.2) is 88.5 Å². The number of nitrogens with zero attached hydrogens (tertiary/aromatic N) is 4. The number of nitrogens with one attached hydrogen (secondary N) is 1. The number of hydrogen-bond acceptors (Lipinski definition) is 8. The second kappa shape index (κ2) is 11.2. The van der Waals surface area contributed by atoms with Crippen LogP contribution in [0.5, 0.6) is 0 Å². The van der Waals surface area contributed by atoms with Crippen molar-refractivity contribution < 1.29 is 14.6 Å². The topological polar surface area (TPSA) is 134 Å². The zero-order chi connectivity index (χ0) is 27.4. The molecule has 0 amide bonds. The zero-order valence-electron chi connectivity index (χ0n) is 20.9. The number of fused-ring (bicyclic) bond motifs is 2. The first-order chi connectivity index (χ1) is 19.0. The molecular formula is C29H23N5O4S. The van der Waals surface area contributed by atoms with Gasteiger partial charge in [-0.2, -0.15) is 5.26 Å². The SMILES string of the molecule is COC(=O)c1ccc2c(=O)n(CCc3ccccc3)c(SC/C(O)=C(\C#N)c3nc4ccccc4[nH]3)nc2c1. The van der Waals surface area contributed by atoms with E-state index in [4.69, 9.17) is 4.74 Å². The van der Waals surface area contributed by atoms with E-state index in [-0.39, 0.29) is 34.0 Å². The van der Waals surface area contributed by atoms with Gasteiger partial charge >= 0.3 is 5.97 Å². The highest BCUT2D eigenvalue weighted by molar-refractivity contribution is 7.99. The predicted molar refractivity (Wildman–Crippen MR) is 149 cm³/mol. The normalized spacial score (nSPS) is 11.8. The number of hydrogen-bond donors (Lipinski definition) is 2. The number of nitriles is 1. The molecule has 2 N–H and O–H groups in total. The van der Waals surface area contributed by atoms with Gasteiger partial charge in [-0.1, -0.05) is 54.2 Å². The van der Waals surface area contributed by atoms with E-state index < -0.39 is 5.97 Å². The van der Waals surface area contributed by atoms with Crippen LogP contribution in [-0.2, 0) is 17.7 Å². The molecule has 3 aromatic carbocycles. The van der Waals surface area contributed by atoms with E-state index in [9.17, 15) is 20.0 Å². The Bertz CT molecular complexity index is 1790. The van der Waals surface area contributed by atoms with Gasteiger partial charge in [0, 0.05) is 6.54 Å². The Hall–Kier alpha value is -4.88. The molecule has 5 aromatic rings. The van der Waals surface area contributed by atoms with Crippen LogP contribution in [0.2, 0.25) is 0 Å². The Kier molecular flexibility index (Phi) is 7.43. The van der Waals surface area contributed by atoms with Gasteiger partial charge in [-0.3, -0.25) is 9.36 Å². The summed E-state index contributed by atoms with van der Waals surface area (Å²) in [7, 11) is 1.28. The van der Waals surface area contributed by atoms with Crippen LogP contribution in [0.4, 0.5) is 0 Å². The summed E-state index contributed by atoms with van der Waals surface area (Å²) in [6.07, 6.45) is 0.589. The molecule has 0 atom stereocenters. The zero-order valence-corrected chi connectivity index (χ0v) is 21.7. The van der Waals surface area contributed by atoms with Gasteiger partial charge in [0.25, 0.3) is 5.56 Å². The lowest BCUT2D eigenvalue weighted by atomic mass is 10.1. The van der Waals surface area contributed by atoms with Crippen molar-refractivity contribution in [3.8, 4) is 6.07 Å². The molecule has 39 heavy (non-hydrogen) atoms. The van der Waals surface area contributed by atoms with Crippen LogP contribution in [-0.4, -0.2) is 43.5 Å². The number of imidazole rings is 1. The Balaban J connectivity index is 1.52. The fourth-order valence-corrected chi connectivity index (χ4v) is 5.07. The van der Waals surface area contributed by atoms with Gasteiger partial charge in [-0.15, -0.1) is 0 Å². The van der Waals surface area contributed by atoms with Crippen LogP contribution in [0.3, 0.4) is 0 Å². The summed E-state index contributed by atoms with van der Waals surface area (Å²) in [4.78, 5) is 37.7. The van der Waals surface area contributed by atoms with Crippen LogP contribution >= 0.6 is 11.8 Å². The van der Waals surface area contributed by atoms with Gasteiger partial charge in [-0.05, 0) is 42.3 Å². The van der Waals surface area contributed by atoms with Crippen molar-refractivity contribution >= 4 is 45.2 Å². The molecule has 0 unspecified atom stereocenters. The van der Waals surface area contributed by atoms with E-state index in [1.165, 1.54) is 19.2 Å². The number of benzene rings is 3. The third kappa shape index (κ3) is 5.39. The number of methoxy groups -OCH3 is 1. The molecule has 0 aliphatic rings. The number of para-hydroxylation sites is 2. The van der Waals surface area contributed by atoms with E-state index in [2.05, 4.69) is 15.0 Å². The average molecular weight is 538 g/mol. The maximum atomic E-state index is 13.5. The first-order valence-corrected chi connectivity index (χ1v) is 13.0. The highest BCUT2D eigenvalue weighted by Crippen LogP contribution is 2.25. The Morgan fingerprint density at radius 1 is 1.08 bits per heavy atom. The number of aryl methyl sites for hydroxylation is 1. The van der Waals surface area contributed by atoms with E-state index in [0.29, 0.717) is 34.5 Å². The number of aromatic amines is 1. The first-order valence-electron chi connectivity index (χ1n) is 12.1. The van der Waals surface area contributed by atoms with Crippen molar-refractivity contribution in [3.05, 3.63) is 106 Å². The molecule has 5 rings (SSSR count). The summed E-state index contributed by atoms with van der Waals surface area (Å²) in [6.45, 7) is 0.353. The molecule has 0 radical (unpaired) electrons. The number of H-pyrrole nitrogens is 1. The molecule has 9 nitrogen and oxygen atoms in total. The number of allylic oxidation sites excluding steroid dienone is 1. The molecular weight excluding hydrogens is 514 g/mol. The highest BCUT2D eigenvalue weighted by Gasteiger charge is 2.18. The fourth-order valence-electron chi connectivity index (χ4n) is 4.17.